The number of rotatable bonds is 8. The lowest BCUT2D eigenvalue weighted by atomic mass is 9.50. The van der Waals surface area contributed by atoms with E-state index in [1.54, 1.807) is 24.3 Å². The standard InChI is InChI=1S/C26H28F3N3O3/c1-2-31-20-8-4-6-16(9-15-5-3-7-18(10-15)26(27,28)29)21(20)22(30)23(33)32-19-13-25(14-19)11-17(12-25)24(34)35/h3-8,10,17,19,30-31H,2,9,11-14H2,1H3,(H,32,33)(H,34,35). The molecular weight excluding hydrogens is 459 g/mol. The Labute approximate surface area is 201 Å². The maximum absolute atomic E-state index is 13.2. The second-order valence-corrected chi connectivity index (χ2v) is 9.64. The number of alkyl halides is 3. The molecule has 0 bridgehead atoms. The first-order valence-corrected chi connectivity index (χ1v) is 11.7. The number of carbonyl (C=O) groups excluding carboxylic acids is 1. The maximum Gasteiger partial charge on any atom is 0.416 e. The largest absolute Gasteiger partial charge is 0.481 e. The first-order valence-electron chi connectivity index (χ1n) is 11.7. The van der Waals surface area contributed by atoms with Crippen molar-refractivity contribution in [2.75, 3.05) is 11.9 Å². The molecule has 0 saturated heterocycles. The average Bonchev–Trinajstić information content (AvgIpc) is 2.73. The number of carbonyl (C=O) groups is 2. The predicted octanol–water partition coefficient (Wildman–Crippen LogP) is 4.86. The molecule has 0 aliphatic heterocycles. The molecule has 9 heteroatoms. The number of aliphatic carboxylic acids is 1. The van der Waals surface area contributed by atoms with Gasteiger partial charge in [-0.25, -0.2) is 0 Å². The molecule has 0 unspecified atom stereocenters. The number of benzene rings is 2. The van der Waals surface area contributed by atoms with Gasteiger partial charge in [0.15, 0.2) is 0 Å². The van der Waals surface area contributed by atoms with Crippen molar-refractivity contribution in [1.82, 2.24) is 5.32 Å². The van der Waals surface area contributed by atoms with E-state index in [9.17, 15) is 22.8 Å². The van der Waals surface area contributed by atoms with Gasteiger partial charge in [-0.15, -0.1) is 0 Å². The fourth-order valence-corrected chi connectivity index (χ4v) is 5.41. The van der Waals surface area contributed by atoms with Crippen molar-refractivity contribution >= 4 is 23.3 Å². The van der Waals surface area contributed by atoms with Crippen molar-refractivity contribution in [3.8, 4) is 0 Å². The van der Waals surface area contributed by atoms with Crippen molar-refractivity contribution in [3.05, 3.63) is 64.7 Å². The highest BCUT2D eigenvalue weighted by Gasteiger charge is 2.55. The quantitative estimate of drug-likeness (QED) is 0.400. The molecule has 2 aromatic carbocycles. The van der Waals surface area contributed by atoms with Gasteiger partial charge in [0.05, 0.1) is 11.5 Å². The van der Waals surface area contributed by atoms with Gasteiger partial charge in [0.2, 0.25) is 0 Å². The molecular formula is C26H28F3N3O3. The van der Waals surface area contributed by atoms with E-state index in [0.29, 0.717) is 54.6 Å². The van der Waals surface area contributed by atoms with Crippen molar-refractivity contribution in [2.24, 2.45) is 11.3 Å². The topological polar surface area (TPSA) is 102 Å². The smallest absolute Gasteiger partial charge is 0.416 e. The van der Waals surface area contributed by atoms with Gasteiger partial charge in [-0.05, 0) is 67.7 Å². The number of halogens is 3. The summed E-state index contributed by atoms with van der Waals surface area (Å²) >= 11 is 0. The first kappa shape index (κ1) is 24.8. The highest BCUT2D eigenvalue weighted by atomic mass is 19.4. The van der Waals surface area contributed by atoms with Crippen LogP contribution in [0.5, 0.6) is 0 Å². The van der Waals surface area contributed by atoms with Crippen LogP contribution in [0.15, 0.2) is 42.5 Å². The molecule has 6 nitrogen and oxygen atoms in total. The van der Waals surface area contributed by atoms with Gasteiger partial charge in [0.25, 0.3) is 5.91 Å². The minimum absolute atomic E-state index is 0.0144. The van der Waals surface area contributed by atoms with E-state index in [1.165, 1.54) is 6.07 Å². The van der Waals surface area contributed by atoms with Crippen molar-refractivity contribution in [2.45, 2.75) is 51.2 Å². The Balaban J connectivity index is 1.50. The Morgan fingerprint density at radius 3 is 2.43 bits per heavy atom. The molecule has 1 amide bonds. The molecule has 35 heavy (non-hydrogen) atoms. The second kappa shape index (κ2) is 9.36. The minimum Gasteiger partial charge on any atom is -0.481 e. The van der Waals surface area contributed by atoms with E-state index in [0.717, 1.165) is 12.1 Å². The van der Waals surface area contributed by atoms with E-state index in [-0.39, 0.29) is 29.5 Å². The molecule has 0 radical (unpaired) electrons. The van der Waals surface area contributed by atoms with Gasteiger partial charge in [-0.3, -0.25) is 15.0 Å². The third-order valence-electron chi connectivity index (χ3n) is 7.05. The molecule has 2 aliphatic rings. The van der Waals surface area contributed by atoms with Crippen LogP contribution in [0.3, 0.4) is 0 Å². The van der Waals surface area contributed by atoms with E-state index in [4.69, 9.17) is 10.5 Å². The lowest BCUT2D eigenvalue weighted by Gasteiger charge is -2.56. The highest BCUT2D eigenvalue weighted by molar-refractivity contribution is 6.45. The maximum atomic E-state index is 13.2. The van der Waals surface area contributed by atoms with Crippen LogP contribution < -0.4 is 10.6 Å². The van der Waals surface area contributed by atoms with Crippen molar-refractivity contribution in [3.63, 3.8) is 0 Å². The Hall–Kier alpha value is -3.36. The third-order valence-corrected chi connectivity index (χ3v) is 7.05. The van der Waals surface area contributed by atoms with Crippen LogP contribution in [0.4, 0.5) is 18.9 Å². The Kier molecular flexibility index (Phi) is 6.62. The molecule has 2 aromatic rings. The number of anilines is 1. The fourth-order valence-electron chi connectivity index (χ4n) is 5.41. The summed E-state index contributed by atoms with van der Waals surface area (Å²) in [4.78, 5) is 24.0. The summed E-state index contributed by atoms with van der Waals surface area (Å²) in [6.07, 6.45) is -1.68. The second-order valence-electron chi connectivity index (χ2n) is 9.64. The molecule has 4 rings (SSSR count). The van der Waals surface area contributed by atoms with Crippen molar-refractivity contribution < 1.29 is 27.9 Å². The molecule has 2 fully saturated rings. The van der Waals surface area contributed by atoms with Crippen LogP contribution in [-0.4, -0.2) is 35.3 Å². The van der Waals surface area contributed by atoms with Crippen LogP contribution in [0.2, 0.25) is 0 Å². The van der Waals surface area contributed by atoms with E-state index >= 15 is 0 Å². The molecule has 4 N–H and O–H groups in total. The molecule has 2 aliphatic carbocycles. The van der Waals surface area contributed by atoms with Gasteiger partial charge in [-0.1, -0.05) is 30.3 Å². The molecule has 186 valence electrons. The number of hydrogen-bond donors (Lipinski definition) is 4. The third kappa shape index (κ3) is 5.18. The number of carboxylic acid groups (broad SMARTS) is 1. The van der Waals surface area contributed by atoms with Crippen LogP contribution in [0.1, 0.15) is 54.9 Å². The molecule has 0 heterocycles. The Bertz CT molecular complexity index is 1150. The van der Waals surface area contributed by atoms with Gasteiger partial charge in [0, 0.05) is 23.8 Å². The van der Waals surface area contributed by atoms with E-state index in [1.807, 2.05) is 6.92 Å². The molecule has 1 spiro atoms. The highest BCUT2D eigenvalue weighted by Crippen LogP contribution is 2.58. The van der Waals surface area contributed by atoms with Crippen LogP contribution in [-0.2, 0) is 22.2 Å². The van der Waals surface area contributed by atoms with Gasteiger partial charge in [-0.2, -0.15) is 13.2 Å². The van der Waals surface area contributed by atoms with Gasteiger partial charge >= 0.3 is 12.1 Å². The normalized spacial score (nSPS) is 23.2. The summed E-state index contributed by atoms with van der Waals surface area (Å²) in [6, 6.07) is 10.2. The van der Waals surface area contributed by atoms with Gasteiger partial charge < -0.3 is 15.7 Å². The lowest BCUT2D eigenvalue weighted by molar-refractivity contribution is -0.156. The fraction of sp³-hybridized carbons (Fsp3) is 0.423. The summed E-state index contributed by atoms with van der Waals surface area (Å²) < 4.78 is 39.5. The first-order chi connectivity index (χ1) is 16.5. The minimum atomic E-state index is -4.46. The van der Waals surface area contributed by atoms with Crippen LogP contribution in [0.25, 0.3) is 0 Å². The zero-order valence-corrected chi connectivity index (χ0v) is 19.3. The number of carboxylic acids is 1. The predicted molar refractivity (Wildman–Crippen MR) is 126 cm³/mol. The number of hydrogen-bond acceptors (Lipinski definition) is 4. The molecule has 0 aromatic heterocycles. The van der Waals surface area contributed by atoms with Crippen molar-refractivity contribution in [1.29, 1.82) is 5.41 Å². The number of amides is 1. The van der Waals surface area contributed by atoms with Crippen LogP contribution >= 0.6 is 0 Å². The zero-order valence-electron chi connectivity index (χ0n) is 19.3. The van der Waals surface area contributed by atoms with Gasteiger partial charge in [0.1, 0.15) is 5.71 Å². The summed E-state index contributed by atoms with van der Waals surface area (Å²) in [6.45, 7) is 2.43. The Morgan fingerprint density at radius 1 is 1.11 bits per heavy atom. The summed E-state index contributed by atoms with van der Waals surface area (Å²) in [7, 11) is 0. The van der Waals surface area contributed by atoms with E-state index in [2.05, 4.69) is 10.6 Å². The lowest BCUT2D eigenvalue weighted by Crippen LogP contribution is -2.58. The van der Waals surface area contributed by atoms with Crippen LogP contribution in [0, 0.1) is 16.7 Å². The molecule has 2 saturated carbocycles. The zero-order chi connectivity index (χ0) is 25.4. The average molecular weight is 488 g/mol. The van der Waals surface area contributed by atoms with E-state index < -0.39 is 23.6 Å². The summed E-state index contributed by atoms with van der Waals surface area (Å²) in [5.74, 6) is -1.64. The molecule has 0 atom stereocenters. The SMILES string of the molecule is CCNc1cccc(Cc2cccc(C(F)(F)F)c2)c1C(=N)C(=O)NC1CC2(C1)CC(C(=O)O)C2. The monoisotopic (exact) mass is 487 g/mol. The summed E-state index contributed by atoms with van der Waals surface area (Å²) in [5, 5.41) is 23.8. The summed E-state index contributed by atoms with van der Waals surface area (Å²) in [5.41, 5.74) is 0.949. The Morgan fingerprint density at radius 2 is 1.80 bits per heavy atom. The number of nitrogens with one attached hydrogen (secondary N) is 3.